The van der Waals surface area contributed by atoms with Gasteiger partial charge in [-0.2, -0.15) is 0 Å². The minimum absolute atomic E-state index is 0.0738. The van der Waals surface area contributed by atoms with Crippen LogP contribution in [-0.4, -0.2) is 20.4 Å². The molecule has 0 bridgehead atoms. The van der Waals surface area contributed by atoms with E-state index in [9.17, 15) is 9.18 Å². The summed E-state index contributed by atoms with van der Waals surface area (Å²) < 4.78 is 15.3. The number of hydrogen-bond donors (Lipinski definition) is 1. The van der Waals surface area contributed by atoms with Crippen molar-refractivity contribution in [2.24, 2.45) is 0 Å². The van der Waals surface area contributed by atoms with Gasteiger partial charge in [-0.25, -0.2) is 9.37 Å². The third-order valence-electron chi connectivity index (χ3n) is 5.06. The molecule has 30 heavy (non-hydrogen) atoms. The van der Waals surface area contributed by atoms with Gasteiger partial charge in [0.25, 0.3) is 0 Å². The third kappa shape index (κ3) is 3.40. The van der Waals surface area contributed by atoms with E-state index in [1.54, 1.807) is 18.3 Å². The van der Waals surface area contributed by atoms with E-state index in [1.807, 2.05) is 41.9 Å². The molecule has 1 atom stereocenters. The number of thiazole rings is 1. The van der Waals surface area contributed by atoms with Crippen molar-refractivity contribution < 1.29 is 9.18 Å². The molecule has 0 saturated carbocycles. The number of ketones is 1. The number of carbonyl (C=O) groups is 1. The lowest BCUT2D eigenvalue weighted by atomic mass is 10.0. The first-order chi connectivity index (χ1) is 14.6. The molecule has 1 fully saturated rings. The molecule has 0 spiro atoms. The van der Waals surface area contributed by atoms with E-state index in [4.69, 9.17) is 5.41 Å². The second-order valence-electron chi connectivity index (χ2n) is 7.00. The number of allylic oxidation sites excluding steroid dienone is 1. The van der Waals surface area contributed by atoms with Gasteiger partial charge in [0.15, 0.2) is 5.78 Å². The molecule has 1 aliphatic rings. The van der Waals surface area contributed by atoms with Crippen molar-refractivity contribution in [3.05, 3.63) is 93.2 Å². The van der Waals surface area contributed by atoms with Crippen LogP contribution in [0.2, 0.25) is 0 Å². The fourth-order valence-corrected chi connectivity index (χ4v) is 5.44. The monoisotopic (exact) mass is 433 g/mol. The van der Waals surface area contributed by atoms with Crippen LogP contribution in [0.15, 0.2) is 71.2 Å². The molecular formula is C23H16FN3OS2. The SMILES string of the molecule is N=C1SC(=Cc2cn(Cc3ccc(F)cc3)c3ccccc23)C(=O)C1c1nccs1. The van der Waals surface area contributed by atoms with Gasteiger partial charge in [-0.3, -0.25) is 10.2 Å². The molecule has 3 heterocycles. The van der Waals surface area contributed by atoms with Gasteiger partial charge < -0.3 is 4.57 Å². The first-order valence-corrected chi connectivity index (χ1v) is 11.0. The standard InChI is InChI=1S/C23H16FN3OS2/c24-16-7-5-14(6-8-16)12-27-13-15(17-3-1-2-4-18(17)27)11-19-21(28)20(22(25)30-19)23-26-9-10-29-23/h1-11,13,20,25H,12H2. The number of nitrogens with one attached hydrogen (secondary N) is 1. The maximum Gasteiger partial charge on any atom is 0.186 e. The van der Waals surface area contributed by atoms with Crippen LogP contribution >= 0.6 is 23.1 Å². The lowest BCUT2D eigenvalue weighted by molar-refractivity contribution is -0.114. The van der Waals surface area contributed by atoms with E-state index in [0.717, 1.165) is 22.0 Å². The molecule has 1 aliphatic heterocycles. The molecular weight excluding hydrogens is 417 g/mol. The zero-order valence-electron chi connectivity index (χ0n) is 15.7. The molecule has 1 saturated heterocycles. The molecule has 2 aromatic carbocycles. The normalized spacial score (nSPS) is 18.0. The van der Waals surface area contributed by atoms with Crippen molar-refractivity contribution >= 4 is 50.9 Å². The largest absolute Gasteiger partial charge is 0.342 e. The highest BCUT2D eigenvalue weighted by molar-refractivity contribution is 8.19. The number of Topliss-reactive ketones (excluding diaryl/α,β-unsaturated/α-hetero) is 1. The van der Waals surface area contributed by atoms with E-state index >= 15 is 0 Å². The summed E-state index contributed by atoms with van der Waals surface area (Å²) in [5.74, 6) is -0.917. The number of rotatable bonds is 4. The van der Waals surface area contributed by atoms with Crippen molar-refractivity contribution in [1.82, 2.24) is 9.55 Å². The lowest BCUT2D eigenvalue weighted by Gasteiger charge is -2.05. The van der Waals surface area contributed by atoms with Crippen LogP contribution < -0.4 is 0 Å². The van der Waals surface area contributed by atoms with Crippen molar-refractivity contribution in [1.29, 1.82) is 5.41 Å². The Morgan fingerprint density at radius 2 is 1.97 bits per heavy atom. The third-order valence-corrected chi connectivity index (χ3v) is 6.89. The summed E-state index contributed by atoms with van der Waals surface area (Å²) >= 11 is 2.61. The summed E-state index contributed by atoms with van der Waals surface area (Å²) in [4.78, 5) is 17.8. The number of halogens is 1. The molecule has 2 aromatic heterocycles. The summed E-state index contributed by atoms with van der Waals surface area (Å²) in [6, 6.07) is 14.5. The number of aromatic nitrogens is 2. The Morgan fingerprint density at radius 1 is 1.17 bits per heavy atom. The second-order valence-corrected chi connectivity index (χ2v) is 9.01. The highest BCUT2D eigenvalue weighted by atomic mass is 32.2. The van der Waals surface area contributed by atoms with Crippen molar-refractivity contribution in [2.45, 2.75) is 12.5 Å². The predicted octanol–water partition coefficient (Wildman–Crippen LogP) is 5.70. The Labute approximate surface area is 180 Å². The molecule has 1 unspecified atom stereocenters. The Hall–Kier alpha value is -3.03. The van der Waals surface area contributed by atoms with Crippen LogP contribution in [0.4, 0.5) is 4.39 Å². The van der Waals surface area contributed by atoms with Crippen LogP contribution in [0.1, 0.15) is 22.1 Å². The van der Waals surface area contributed by atoms with Crippen LogP contribution in [0.5, 0.6) is 0 Å². The molecule has 0 aliphatic carbocycles. The maximum absolute atomic E-state index is 13.2. The second kappa shape index (κ2) is 7.66. The number of carbonyl (C=O) groups excluding carboxylic acids is 1. The van der Waals surface area contributed by atoms with E-state index in [1.165, 1.54) is 35.2 Å². The van der Waals surface area contributed by atoms with Crippen molar-refractivity contribution in [3.8, 4) is 0 Å². The summed E-state index contributed by atoms with van der Waals surface area (Å²) in [5, 5.41) is 12.1. The molecule has 7 heteroatoms. The molecule has 4 nitrogen and oxygen atoms in total. The van der Waals surface area contributed by atoms with Crippen LogP contribution in [-0.2, 0) is 11.3 Å². The van der Waals surface area contributed by atoms with Crippen LogP contribution in [0, 0.1) is 11.2 Å². The number of nitrogens with zero attached hydrogens (tertiary/aromatic N) is 2. The topological polar surface area (TPSA) is 58.7 Å². The predicted molar refractivity (Wildman–Crippen MR) is 121 cm³/mol. The minimum atomic E-state index is -0.589. The van der Waals surface area contributed by atoms with Gasteiger partial charge in [-0.05, 0) is 29.8 Å². The Kier molecular flexibility index (Phi) is 4.84. The summed E-state index contributed by atoms with van der Waals surface area (Å²) in [6.45, 7) is 0.600. The van der Waals surface area contributed by atoms with Crippen molar-refractivity contribution in [3.63, 3.8) is 0 Å². The molecule has 0 amide bonds. The van der Waals surface area contributed by atoms with E-state index < -0.39 is 5.92 Å². The van der Waals surface area contributed by atoms with Crippen molar-refractivity contribution in [2.75, 3.05) is 0 Å². The Morgan fingerprint density at radius 3 is 2.73 bits per heavy atom. The summed E-state index contributed by atoms with van der Waals surface area (Å²) in [5.41, 5.74) is 2.96. The van der Waals surface area contributed by atoms with Gasteiger partial charge in [0, 0.05) is 40.8 Å². The Bertz CT molecular complexity index is 1290. The summed E-state index contributed by atoms with van der Waals surface area (Å²) in [6.07, 6.45) is 5.55. The average molecular weight is 434 g/mol. The van der Waals surface area contributed by atoms with E-state index in [-0.39, 0.29) is 11.6 Å². The minimum Gasteiger partial charge on any atom is -0.342 e. The van der Waals surface area contributed by atoms with E-state index in [2.05, 4.69) is 9.55 Å². The van der Waals surface area contributed by atoms with E-state index in [0.29, 0.717) is 21.5 Å². The first-order valence-electron chi connectivity index (χ1n) is 9.34. The summed E-state index contributed by atoms with van der Waals surface area (Å²) in [7, 11) is 0. The van der Waals surface area contributed by atoms with Gasteiger partial charge in [-0.1, -0.05) is 42.1 Å². The zero-order valence-corrected chi connectivity index (χ0v) is 17.3. The molecule has 0 radical (unpaired) electrons. The fourth-order valence-electron chi connectivity index (χ4n) is 3.64. The zero-order chi connectivity index (χ0) is 20.7. The Balaban J connectivity index is 1.53. The number of para-hydroxylation sites is 1. The van der Waals surface area contributed by atoms with Gasteiger partial charge >= 0.3 is 0 Å². The smallest absolute Gasteiger partial charge is 0.186 e. The number of hydrogen-bond acceptors (Lipinski definition) is 5. The van der Waals surface area contributed by atoms with Crippen LogP contribution in [0.3, 0.4) is 0 Å². The van der Waals surface area contributed by atoms with Gasteiger partial charge in [0.1, 0.15) is 16.7 Å². The lowest BCUT2D eigenvalue weighted by Crippen LogP contribution is -2.11. The number of thioether (sulfide) groups is 1. The van der Waals surface area contributed by atoms with Crippen LogP contribution in [0.25, 0.3) is 17.0 Å². The van der Waals surface area contributed by atoms with Gasteiger partial charge in [-0.15, -0.1) is 11.3 Å². The molecule has 148 valence electrons. The number of benzene rings is 2. The van der Waals surface area contributed by atoms with Gasteiger partial charge in [0.2, 0.25) is 0 Å². The first kappa shape index (κ1) is 19.0. The fraction of sp³-hybridized carbons (Fsp3) is 0.0870. The molecule has 5 rings (SSSR count). The average Bonchev–Trinajstić information content (AvgIpc) is 3.44. The quantitative estimate of drug-likeness (QED) is 0.420. The highest BCUT2D eigenvalue weighted by Gasteiger charge is 2.38. The molecule has 4 aromatic rings. The maximum atomic E-state index is 13.2. The number of fused-ring (bicyclic) bond motifs is 1. The highest BCUT2D eigenvalue weighted by Crippen LogP contribution is 2.41. The molecule has 1 N–H and O–H groups in total. The van der Waals surface area contributed by atoms with Gasteiger partial charge in [0.05, 0.1) is 9.95 Å².